The van der Waals surface area contributed by atoms with E-state index in [1.165, 1.54) is 11.3 Å². The first-order valence-corrected chi connectivity index (χ1v) is 8.31. The van der Waals surface area contributed by atoms with Crippen LogP contribution >= 0.6 is 11.3 Å². The lowest BCUT2D eigenvalue weighted by atomic mass is 10.0. The number of tetrazole rings is 1. The highest BCUT2D eigenvalue weighted by molar-refractivity contribution is 7.17. The molecular formula is C18H12N4O2S. The van der Waals surface area contributed by atoms with E-state index in [0.29, 0.717) is 5.82 Å². The van der Waals surface area contributed by atoms with E-state index in [-0.39, 0.29) is 0 Å². The molecule has 0 aliphatic rings. The molecule has 2 aromatic carbocycles. The summed E-state index contributed by atoms with van der Waals surface area (Å²) in [7, 11) is 0. The van der Waals surface area contributed by atoms with Gasteiger partial charge in [-0.3, -0.25) is 0 Å². The third-order valence-electron chi connectivity index (χ3n) is 3.76. The van der Waals surface area contributed by atoms with Crippen molar-refractivity contribution in [2.45, 2.75) is 0 Å². The Labute approximate surface area is 146 Å². The first-order chi connectivity index (χ1) is 12.2. The van der Waals surface area contributed by atoms with E-state index in [1.54, 1.807) is 6.08 Å². The lowest BCUT2D eigenvalue weighted by molar-refractivity contribution is -0.131. The van der Waals surface area contributed by atoms with E-state index in [0.717, 1.165) is 37.7 Å². The van der Waals surface area contributed by atoms with Crippen LogP contribution < -0.4 is 0 Å². The highest BCUT2D eigenvalue weighted by Crippen LogP contribution is 2.41. The van der Waals surface area contributed by atoms with Gasteiger partial charge in [-0.25, -0.2) is 4.79 Å². The van der Waals surface area contributed by atoms with Crippen molar-refractivity contribution in [3.63, 3.8) is 0 Å². The summed E-state index contributed by atoms with van der Waals surface area (Å²) in [6.45, 7) is 0. The summed E-state index contributed by atoms with van der Waals surface area (Å²) in [4.78, 5) is 12.6. The SMILES string of the molecule is O=C(O)C=Cc1cc(-c2nn[nH]n2)c(-c2cccc3ccccc23)s1. The Morgan fingerprint density at radius 2 is 1.96 bits per heavy atom. The minimum Gasteiger partial charge on any atom is -0.478 e. The van der Waals surface area contributed by atoms with Crippen LogP contribution in [0.2, 0.25) is 0 Å². The first-order valence-electron chi connectivity index (χ1n) is 7.49. The van der Waals surface area contributed by atoms with E-state index in [4.69, 9.17) is 5.11 Å². The van der Waals surface area contributed by atoms with Gasteiger partial charge in [-0.1, -0.05) is 42.5 Å². The molecule has 2 N–H and O–H groups in total. The molecule has 0 saturated carbocycles. The zero-order valence-corrected chi connectivity index (χ0v) is 13.7. The van der Waals surface area contributed by atoms with Gasteiger partial charge in [0.1, 0.15) is 0 Å². The lowest BCUT2D eigenvalue weighted by Gasteiger charge is -2.06. The molecule has 4 aromatic rings. The second kappa shape index (κ2) is 6.29. The Balaban J connectivity index is 1.95. The van der Waals surface area contributed by atoms with Crippen molar-refractivity contribution in [3.05, 3.63) is 59.5 Å². The number of rotatable bonds is 4. The molecule has 0 aliphatic heterocycles. The monoisotopic (exact) mass is 348 g/mol. The van der Waals surface area contributed by atoms with E-state index < -0.39 is 5.97 Å². The quantitative estimate of drug-likeness (QED) is 0.547. The van der Waals surface area contributed by atoms with Crippen molar-refractivity contribution < 1.29 is 9.90 Å². The molecule has 0 saturated heterocycles. The number of nitrogens with zero attached hydrogens (tertiary/aromatic N) is 3. The molecule has 0 aliphatic carbocycles. The van der Waals surface area contributed by atoms with E-state index in [1.807, 2.05) is 30.3 Å². The van der Waals surface area contributed by atoms with Crippen molar-refractivity contribution in [2.75, 3.05) is 0 Å². The molecule has 2 aromatic heterocycles. The van der Waals surface area contributed by atoms with Gasteiger partial charge in [0.2, 0.25) is 5.82 Å². The number of fused-ring (bicyclic) bond motifs is 1. The van der Waals surface area contributed by atoms with Crippen LogP contribution in [0.25, 0.3) is 38.7 Å². The Kier molecular flexibility index (Phi) is 3.83. The van der Waals surface area contributed by atoms with Gasteiger partial charge in [0, 0.05) is 27.0 Å². The van der Waals surface area contributed by atoms with E-state index in [9.17, 15) is 4.79 Å². The van der Waals surface area contributed by atoms with Gasteiger partial charge in [0.25, 0.3) is 0 Å². The number of carboxylic acid groups (broad SMARTS) is 1. The van der Waals surface area contributed by atoms with Gasteiger partial charge in [-0.05, 0) is 28.1 Å². The molecule has 0 atom stereocenters. The predicted octanol–water partition coefficient (Wildman–Crippen LogP) is 3.85. The van der Waals surface area contributed by atoms with Gasteiger partial charge in [0.05, 0.1) is 0 Å². The van der Waals surface area contributed by atoms with Gasteiger partial charge < -0.3 is 5.11 Å². The number of thiophene rings is 1. The molecular weight excluding hydrogens is 336 g/mol. The average molecular weight is 348 g/mol. The highest BCUT2D eigenvalue weighted by atomic mass is 32.1. The van der Waals surface area contributed by atoms with Gasteiger partial charge in [0.15, 0.2) is 0 Å². The smallest absolute Gasteiger partial charge is 0.328 e. The molecule has 25 heavy (non-hydrogen) atoms. The minimum atomic E-state index is -0.985. The van der Waals surface area contributed by atoms with Gasteiger partial charge in [-0.2, -0.15) is 5.21 Å². The minimum absolute atomic E-state index is 0.481. The number of aromatic amines is 1. The van der Waals surface area contributed by atoms with Crippen molar-refractivity contribution in [3.8, 4) is 21.8 Å². The molecule has 0 bridgehead atoms. The van der Waals surface area contributed by atoms with Crippen molar-refractivity contribution >= 4 is 34.2 Å². The third kappa shape index (κ3) is 2.92. The average Bonchev–Trinajstić information content (AvgIpc) is 3.29. The maximum Gasteiger partial charge on any atom is 0.328 e. The number of aromatic nitrogens is 4. The number of carbonyl (C=O) groups is 1. The van der Waals surface area contributed by atoms with Crippen LogP contribution in [-0.4, -0.2) is 31.7 Å². The van der Waals surface area contributed by atoms with Crippen LogP contribution in [-0.2, 0) is 4.79 Å². The second-order valence-corrected chi connectivity index (χ2v) is 6.41. The summed E-state index contributed by atoms with van der Waals surface area (Å²) in [5.41, 5.74) is 1.87. The molecule has 122 valence electrons. The maximum atomic E-state index is 10.8. The second-order valence-electron chi connectivity index (χ2n) is 5.33. The lowest BCUT2D eigenvalue weighted by Crippen LogP contribution is -1.84. The first kappa shape index (κ1) is 15.2. The van der Waals surface area contributed by atoms with Crippen LogP contribution in [0.5, 0.6) is 0 Å². The normalized spacial score (nSPS) is 11.4. The standard InChI is InChI=1S/C18H12N4O2S/c23-16(24)9-8-12-10-15(18-19-21-22-20-18)17(25-12)14-7-3-5-11-4-1-2-6-13(11)14/h1-10H,(H,23,24)(H,19,20,21,22). The zero-order chi connectivity index (χ0) is 17.2. The van der Waals surface area contributed by atoms with Gasteiger partial charge in [-0.15, -0.1) is 21.5 Å². The van der Waals surface area contributed by atoms with Gasteiger partial charge >= 0.3 is 5.97 Å². The molecule has 0 fully saturated rings. The van der Waals surface area contributed by atoms with Crippen LogP contribution in [0.1, 0.15) is 4.88 Å². The Hall–Kier alpha value is -3.32. The fraction of sp³-hybridized carbons (Fsp3) is 0. The summed E-state index contributed by atoms with van der Waals surface area (Å²) in [5, 5.41) is 25.4. The maximum absolute atomic E-state index is 10.8. The number of aliphatic carboxylic acids is 1. The number of nitrogens with one attached hydrogen (secondary N) is 1. The molecule has 0 unspecified atom stereocenters. The van der Waals surface area contributed by atoms with Crippen LogP contribution in [0, 0.1) is 0 Å². The Bertz CT molecular complexity index is 1080. The molecule has 6 nitrogen and oxygen atoms in total. The summed E-state index contributed by atoms with van der Waals surface area (Å²) in [6.07, 6.45) is 2.70. The molecule has 0 spiro atoms. The molecule has 2 heterocycles. The van der Waals surface area contributed by atoms with Crippen molar-refractivity contribution in [1.29, 1.82) is 0 Å². The molecule has 4 rings (SSSR count). The van der Waals surface area contributed by atoms with Crippen molar-refractivity contribution in [2.24, 2.45) is 0 Å². The summed E-state index contributed by atoms with van der Waals surface area (Å²) in [5.74, 6) is -0.504. The number of benzene rings is 2. The summed E-state index contributed by atoms with van der Waals surface area (Å²) < 4.78 is 0. The zero-order valence-electron chi connectivity index (χ0n) is 12.9. The number of carboxylic acids is 1. The largest absolute Gasteiger partial charge is 0.478 e. The van der Waals surface area contributed by atoms with E-state index in [2.05, 4.69) is 38.8 Å². The Morgan fingerprint density at radius 3 is 2.76 bits per heavy atom. The Morgan fingerprint density at radius 1 is 1.12 bits per heavy atom. The van der Waals surface area contributed by atoms with Crippen LogP contribution in [0.4, 0.5) is 0 Å². The van der Waals surface area contributed by atoms with Crippen LogP contribution in [0.3, 0.4) is 0 Å². The number of hydrogen-bond acceptors (Lipinski definition) is 5. The molecule has 7 heteroatoms. The molecule has 0 radical (unpaired) electrons. The predicted molar refractivity (Wildman–Crippen MR) is 97.1 cm³/mol. The summed E-state index contributed by atoms with van der Waals surface area (Å²) >= 11 is 1.50. The van der Waals surface area contributed by atoms with Crippen molar-refractivity contribution in [1.82, 2.24) is 20.6 Å². The number of H-pyrrole nitrogens is 1. The molecule has 0 amide bonds. The third-order valence-corrected chi connectivity index (χ3v) is 4.90. The fourth-order valence-corrected chi connectivity index (χ4v) is 3.81. The van der Waals surface area contributed by atoms with E-state index >= 15 is 0 Å². The number of hydrogen-bond donors (Lipinski definition) is 2. The highest BCUT2D eigenvalue weighted by Gasteiger charge is 2.17. The summed E-state index contributed by atoms with van der Waals surface area (Å²) in [6, 6.07) is 16.1. The fourth-order valence-electron chi connectivity index (χ4n) is 2.71. The van der Waals surface area contributed by atoms with Crippen LogP contribution in [0.15, 0.2) is 54.6 Å². The topological polar surface area (TPSA) is 91.8 Å².